The van der Waals surface area contributed by atoms with E-state index < -0.39 is 5.41 Å². The van der Waals surface area contributed by atoms with Gasteiger partial charge in [-0.1, -0.05) is 56.4 Å². The molecule has 0 N–H and O–H groups in total. The molecule has 2 unspecified atom stereocenters. The minimum absolute atomic E-state index is 0.195. The van der Waals surface area contributed by atoms with Crippen LogP contribution in [0.4, 0.5) is 4.39 Å². The van der Waals surface area contributed by atoms with E-state index in [1.54, 1.807) is 13.8 Å². The van der Waals surface area contributed by atoms with Crippen LogP contribution in [-0.4, -0.2) is 30.5 Å². The molecule has 5 heteroatoms. The summed E-state index contributed by atoms with van der Waals surface area (Å²) in [6.07, 6.45) is 0.576. The first-order valence-corrected chi connectivity index (χ1v) is 8.56. The number of amides is 1. The van der Waals surface area contributed by atoms with Gasteiger partial charge in [-0.15, -0.1) is 6.58 Å². The molecule has 0 aliphatic heterocycles. The number of halogens is 1. The molecule has 0 aliphatic carbocycles. The Labute approximate surface area is 146 Å². The van der Waals surface area contributed by atoms with Crippen molar-refractivity contribution in [3.63, 3.8) is 0 Å². The van der Waals surface area contributed by atoms with Crippen LogP contribution in [0, 0.1) is 11.3 Å². The largest absolute Gasteiger partial charge is 0.275 e. The van der Waals surface area contributed by atoms with Gasteiger partial charge in [0.15, 0.2) is 0 Å². The van der Waals surface area contributed by atoms with Gasteiger partial charge >= 0.3 is 0 Å². The summed E-state index contributed by atoms with van der Waals surface area (Å²) in [6.45, 7) is 19.7. The summed E-state index contributed by atoms with van der Waals surface area (Å²) in [5, 5.41) is -0.231. The maximum Gasteiger partial charge on any atom is 0.248 e. The molecule has 0 aromatic heterocycles. The predicted octanol–water partition coefficient (Wildman–Crippen LogP) is 5.62. The fraction of sp³-hybridized carbons (Fsp3) is 0.833. The average Bonchev–Trinajstić information content (AvgIpc) is 2.33. The molecule has 0 rings (SSSR count). The van der Waals surface area contributed by atoms with Gasteiger partial charge in [0.05, 0.1) is 7.11 Å². The summed E-state index contributed by atoms with van der Waals surface area (Å²) in [4.78, 5) is 16.2. The zero-order valence-electron chi connectivity index (χ0n) is 16.9. The van der Waals surface area contributed by atoms with Crippen molar-refractivity contribution in [3.05, 3.63) is 12.2 Å². The van der Waals surface area contributed by atoms with Crippen molar-refractivity contribution in [2.75, 3.05) is 14.2 Å². The monoisotopic (exact) mass is 351 g/mol. The Morgan fingerprint density at radius 2 is 1.61 bits per heavy atom. The van der Waals surface area contributed by atoms with Gasteiger partial charge < -0.3 is 0 Å². The van der Waals surface area contributed by atoms with E-state index in [4.69, 9.17) is 4.84 Å². The van der Waals surface area contributed by atoms with E-state index >= 15 is 0 Å². The minimum atomic E-state index is -1.36. The molecule has 0 saturated carbocycles. The third-order valence-corrected chi connectivity index (χ3v) is 2.88. The fourth-order valence-electron chi connectivity index (χ4n) is 1.14. The van der Waals surface area contributed by atoms with Crippen molar-refractivity contribution in [1.82, 2.24) is 5.06 Å². The number of hydroxylamine groups is 2. The first-order valence-electron chi connectivity index (χ1n) is 7.99. The lowest BCUT2D eigenvalue weighted by Crippen LogP contribution is -2.33. The number of nitrogens with zero attached hydrogens (tertiary/aromatic N) is 1. The number of alkyl halides is 1. The Morgan fingerprint density at radius 3 is 1.83 bits per heavy atom. The second-order valence-electron chi connectivity index (χ2n) is 7.72. The second kappa shape index (κ2) is 12.9. The van der Waals surface area contributed by atoms with E-state index in [-0.39, 0.29) is 18.2 Å². The average molecular weight is 351 g/mol. The normalized spacial score (nSPS) is 14.3. The Morgan fingerprint density at radius 1 is 1.30 bits per heavy atom. The van der Waals surface area contributed by atoms with Crippen LogP contribution in [-0.2, 0) is 9.63 Å². The Balaban J connectivity index is -0.000000365. The third kappa shape index (κ3) is 26.7. The highest BCUT2D eigenvalue weighted by Gasteiger charge is 2.28. The van der Waals surface area contributed by atoms with Crippen LogP contribution in [0.15, 0.2) is 12.2 Å². The number of hydrogen-bond acceptors (Lipinski definition) is 2. The van der Waals surface area contributed by atoms with Crippen molar-refractivity contribution in [2.24, 2.45) is 11.3 Å². The van der Waals surface area contributed by atoms with Gasteiger partial charge in [-0.25, -0.2) is 9.45 Å². The second-order valence-corrected chi connectivity index (χ2v) is 8.75. The number of hydrogen-bond donors (Lipinski definition) is 0. The smallest absolute Gasteiger partial charge is 0.248 e. The van der Waals surface area contributed by atoms with Crippen molar-refractivity contribution >= 4 is 15.1 Å². The van der Waals surface area contributed by atoms with E-state index in [2.05, 4.69) is 43.5 Å². The Bertz CT molecular complexity index is 328. The number of carbonyl (C=O) groups is 1. The van der Waals surface area contributed by atoms with E-state index in [1.165, 1.54) is 19.7 Å². The molecule has 0 saturated heterocycles. The fourth-order valence-corrected chi connectivity index (χ4v) is 1.49. The van der Waals surface area contributed by atoms with Crippen molar-refractivity contribution < 1.29 is 14.0 Å². The van der Waals surface area contributed by atoms with Gasteiger partial charge in [-0.05, 0) is 32.1 Å². The summed E-state index contributed by atoms with van der Waals surface area (Å²) in [5.41, 5.74) is 1.67. The highest BCUT2D eigenvalue weighted by Crippen LogP contribution is 2.32. The summed E-state index contributed by atoms with van der Waals surface area (Å²) in [7, 11) is 5.08. The lowest BCUT2D eigenvalue weighted by molar-refractivity contribution is -0.173. The van der Waals surface area contributed by atoms with Gasteiger partial charge in [-0.2, -0.15) is 0 Å². The molecule has 3 nitrogen and oxygen atoms in total. The van der Waals surface area contributed by atoms with Gasteiger partial charge in [0.2, 0.25) is 5.91 Å². The third-order valence-electron chi connectivity index (χ3n) is 2.24. The van der Waals surface area contributed by atoms with E-state index in [9.17, 15) is 9.18 Å². The quantitative estimate of drug-likeness (QED) is 0.365. The molecule has 0 aromatic carbocycles. The summed E-state index contributed by atoms with van der Waals surface area (Å²) in [5.74, 6) is -0.576. The lowest BCUT2D eigenvalue weighted by Gasteiger charge is -2.24. The maximum absolute atomic E-state index is 13.5. The van der Waals surface area contributed by atoms with E-state index in [0.29, 0.717) is 11.8 Å². The molecular formula is C18H39FNO2P. The molecular weight excluding hydrogens is 312 g/mol. The van der Waals surface area contributed by atoms with E-state index in [0.717, 1.165) is 5.06 Å². The molecule has 0 fully saturated rings. The van der Waals surface area contributed by atoms with Crippen LogP contribution in [0.2, 0.25) is 0 Å². The van der Waals surface area contributed by atoms with Crippen LogP contribution in [0.3, 0.4) is 0 Å². The minimum Gasteiger partial charge on any atom is -0.275 e. The van der Waals surface area contributed by atoms with Crippen LogP contribution in [0.25, 0.3) is 0 Å². The SMILES string of the molecule is C=C(C)C.CC(C)(C)C.CCC(F)(P)C[C@H](C)C(=O)N(C)OC. The van der Waals surface area contributed by atoms with Gasteiger partial charge in [0.1, 0.15) is 5.41 Å². The summed E-state index contributed by atoms with van der Waals surface area (Å²) >= 11 is 0. The zero-order valence-corrected chi connectivity index (χ0v) is 18.1. The van der Waals surface area contributed by atoms with Crippen LogP contribution >= 0.6 is 9.24 Å². The van der Waals surface area contributed by atoms with Crippen LogP contribution in [0.1, 0.15) is 68.2 Å². The Hall–Kier alpha value is -0.470. The molecule has 0 radical (unpaired) electrons. The molecule has 0 bridgehead atoms. The first kappa shape index (κ1) is 27.4. The first-order chi connectivity index (χ1) is 10.1. The summed E-state index contributed by atoms with van der Waals surface area (Å²) < 4.78 is 13.5. The van der Waals surface area contributed by atoms with Crippen LogP contribution in [0.5, 0.6) is 0 Å². The van der Waals surface area contributed by atoms with Crippen molar-refractivity contribution in [3.8, 4) is 0 Å². The molecule has 0 aliphatic rings. The zero-order chi connectivity index (χ0) is 19.4. The molecule has 1 amide bonds. The molecule has 140 valence electrons. The lowest BCUT2D eigenvalue weighted by atomic mass is 10.0. The molecule has 0 aromatic rings. The number of carbonyl (C=O) groups excluding carboxylic acids is 1. The standard InChI is InChI=1S/C9H19FNO2P.C5H12.C4H8/c1-5-9(10,14)6-7(2)8(12)11(3)13-4;1-5(2,3)4;1-4(2)3/h7H,5-6,14H2,1-4H3;1-4H3;1H2,2-3H3/t7-,9?;;/m0../s1. The van der Waals surface area contributed by atoms with Crippen LogP contribution < -0.4 is 0 Å². The molecule has 0 heterocycles. The molecule has 3 atom stereocenters. The van der Waals surface area contributed by atoms with Gasteiger partial charge in [0, 0.05) is 13.0 Å². The topological polar surface area (TPSA) is 29.5 Å². The maximum atomic E-state index is 13.5. The van der Waals surface area contributed by atoms with Gasteiger partial charge in [-0.3, -0.25) is 9.63 Å². The van der Waals surface area contributed by atoms with Crippen molar-refractivity contribution in [1.29, 1.82) is 0 Å². The summed E-state index contributed by atoms with van der Waals surface area (Å²) in [6, 6.07) is 0. The predicted molar refractivity (Wildman–Crippen MR) is 103 cm³/mol. The number of allylic oxidation sites excluding steroid dienone is 1. The van der Waals surface area contributed by atoms with Gasteiger partial charge in [0.25, 0.3) is 0 Å². The van der Waals surface area contributed by atoms with Crippen molar-refractivity contribution in [2.45, 2.75) is 73.6 Å². The number of rotatable bonds is 5. The molecule has 0 spiro atoms. The highest BCUT2D eigenvalue weighted by molar-refractivity contribution is 7.18. The highest BCUT2D eigenvalue weighted by atomic mass is 31.0. The molecule has 23 heavy (non-hydrogen) atoms. The van der Waals surface area contributed by atoms with E-state index in [1.807, 2.05) is 13.8 Å². The Kier molecular flexibility index (Phi) is 15.3.